The van der Waals surface area contributed by atoms with Gasteiger partial charge in [-0.25, -0.2) is 0 Å². The van der Waals surface area contributed by atoms with Crippen LogP contribution in [0.3, 0.4) is 0 Å². The first kappa shape index (κ1) is 17.2. The van der Waals surface area contributed by atoms with E-state index in [1.807, 2.05) is 30.3 Å². The maximum atomic E-state index is 11.8. The molecule has 0 fully saturated rings. The molecular weight excluding hydrogens is 332 g/mol. The van der Waals surface area contributed by atoms with E-state index >= 15 is 0 Å². The first-order valence-corrected chi connectivity index (χ1v) is 7.88. The molecule has 3 aromatic carbocycles. The second-order valence-corrected chi connectivity index (χ2v) is 5.51. The molecule has 0 aliphatic rings. The Morgan fingerprint density at radius 3 is 2.42 bits per heavy atom. The molecule has 6 nitrogen and oxygen atoms in total. The fourth-order valence-corrected chi connectivity index (χ4v) is 2.26. The van der Waals surface area contributed by atoms with Gasteiger partial charge in [-0.15, -0.1) is 0 Å². The SMILES string of the molecule is O=[N+]([O-])c1ccc([O-])c(C=Nc2ccc(OCc3ccccc3)cc2)c1. The Labute approximate surface area is 150 Å². The van der Waals surface area contributed by atoms with E-state index in [9.17, 15) is 15.2 Å². The van der Waals surface area contributed by atoms with Gasteiger partial charge in [0.15, 0.2) is 0 Å². The molecule has 3 rings (SSSR count). The molecule has 26 heavy (non-hydrogen) atoms. The molecule has 0 aromatic heterocycles. The van der Waals surface area contributed by atoms with E-state index in [2.05, 4.69) is 4.99 Å². The van der Waals surface area contributed by atoms with Gasteiger partial charge in [-0.05, 0) is 35.4 Å². The first-order valence-electron chi connectivity index (χ1n) is 7.88. The van der Waals surface area contributed by atoms with Gasteiger partial charge in [-0.3, -0.25) is 15.1 Å². The summed E-state index contributed by atoms with van der Waals surface area (Å²) in [6, 6.07) is 20.4. The van der Waals surface area contributed by atoms with E-state index in [1.54, 1.807) is 24.3 Å². The summed E-state index contributed by atoms with van der Waals surface area (Å²) >= 11 is 0. The summed E-state index contributed by atoms with van der Waals surface area (Å²) in [7, 11) is 0. The van der Waals surface area contributed by atoms with Crippen molar-refractivity contribution in [1.82, 2.24) is 0 Å². The van der Waals surface area contributed by atoms with Crippen LogP contribution in [0, 0.1) is 10.1 Å². The molecule has 6 heteroatoms. The van der Waals surface area contributed by atoms with Crippen molar-refractivity contribution in [3.8, 4) is 11.5 Å². The molecule has 0 bridgehead atoms. The van der Waals surface area contributed by atoms with Crippen LogP contribution in [0.15, 0.2) is 77.8 Å². The number of benzene rings is 3. The van der Waals surface area contributed by atoms with Gasteiger partial charge in [0.05, 0.1) is 10.6 Å². The Morgan fingerprint density at radius 1 is 1.00 bits per heavy atom. The maximum absolute atomic E-state index is 11.8. The van der Waals surface area contributed by atoms with Gasteiger partial charge in [0.1, 0.15) is 12.4 Å². The molecule has 0 heterocycles. The Bertz CT molecular complexity index is 922. The summed E-state index contributed by atoms with van der Waals surface area (Å²) in [6.07, 6.45) is 1.33. The average molecular weight is 347 g/mol. The molecule has 0 aliphatic heterocycles. The summed E-state index contributed by atoms with van der Waals surface area (Å²) < 4.78 is 5.69. The molecule has 0 radical (unpaired) electrons. The summed E-state index contributed by atoms with van der Waals surface area (Å²) in [4.78, 5) is 14.4. The number of hydrogen-bond acceptors (Lipinski definition) is 5. The zero-order valence-electron chi connectivity index (χ0n) is 13.7. The molecular formula is C20H15N2O4-. The minimum Gasteiger partial charge on any atom is -0.872 e. The zero-order chi connectivity index (χ0) is 18.4. The second kappa shape index (κ2) is 7.94. The summed E-state index contributed by atoms with van der Waals surface area (Å²) in [5, 5.41) is 22.5. The van der Waals surface area contributed by atoms with Crippen molar-refractivity contribution in [3.63, 3.8) is 0 Å². The van der Waals surface area contributed by atoms with Crippen LogP contribution in [-0.2, 0) is 6.61 Å². The van der Waals surface area contributed by atoms with Gasteiger partial charge in [-0.1, -0.05) is 42.1 Å². The van der Waals surface area contributed by atoms with Crippen molar-refractivity contribution in [2.75, 3.05) is 0 Å². The molecule has 0 N–H and O–H groups in total. The quantitative estimate of drug-likeness (QED) is 0.383. The lowest BCUT2D eigenvalue weighted by Crippen LogP contribution is -1.98. The third-order valence-electron chi connectivity index (χ3n) is 3.64. The normalized spacial score (nSPS) is 10.8. The predicted octanol–water partition coefficient (Wildman–Crippen LogP) is 4.00. The number of nitrogens with zero attached hydrogens (tertiary/aromatic N) is 2. The highest BCUT2D eigenvalue weighted by Crippen LogP contribution is 2.22. The minimum atomic E-state index is -0.546. The largest absolute Gasteiger partial charge is 0.872 e. The summed E-state index contributed by atoms with van der Waals surface area (Å²) in [6.45, 7) is 0.469. The van der Waals surface area contributed by atoms with Crippen molar-refractivity contribution in [2.24, 2.45) is 4.99 Å². The lowest BCUT2D eigenvalue weighted by molar-refractivity contribution is -0.385. The van der Waals surface area contributed by atoms with Crippen LogP contribution in [0.25, 0.3) is 0 Å². The van der Waals surface area contributed by atoms with Gasteiger partial charge in [0.25, 0.3) is 5.69 Å². The summed E-state index contributed by atoms with van der Waals surface area (Å²) in [5.41, 5.74) is 1.71. The van der Waals surface area contributed by atoms with E-state index in [-0.39, 0.29) is 17.0 Å². The molecule has 0 unspecified atom stereocenters. The number of ether oxygens (including phenoxy) is 1. The van der Waals surface area contributed by atoms with Crippen LogP contribution in [0.2, 0.25) is 0 Å². The minimum absolute atomic E-state index is 0.143. The van der Waals surface area contributed by atoms with E-state index in [0.29, 0.717) is 18.0 Å². The lowest BCUT2D eigenvalue weighted by atomic mass is 10.2. The number of nitro groups is 1. The van der Waals surface area contributed by atoms with Crippen molar-refractivity contribution < 1.29 is 14.8 Å². The zero-order valence-corrected chi connectivity index (χ0v) is 13.7. The first-order chi connectivity index (χ1) is 12.6. The maximum Gasteiger partial charge on any atom is 0.270 e. The second-order valence-electron chi connectivity index (χ2n) is 5.51. The van der Waals surface area contributed by atoms with E-state index in [1.165, 1.54) is 24.4 Å². The highest BCUT2D eigenvalue weighted by atomic mass is 16.6. The lowest BCUT2D eigenvalue weighted by Gasteiger charge is -2.09. The van der Waals surface area contributed by atoms with Gasteiger partial charge in [0, 0.05) is 18.3 Å². The number of non-ortho nitro benzene ring substituents is 1. The molecule has 0 saturated carbocycles. The highest BCUT2D eigenvalue weighted by Gasteiger charge is 2.05. The van der Waals surface area contributed by atoms with Gasteiger partial charge in [0.2, 0.25) is 0 Å². The topological polar surface area (TPSA) is 87.8 Å². The molecule has 0 atom stereocenters. The fraction of sp³-hybridized carbons (Fsp3) is 0.0500. The Morgan fingerprint density at radius 2 is 1.73 bits per heavy atom. The number of rotatable bonds is 6. The average Bonchev–Trinajstić information content (AvgIpc) is 2.67. The van der Waals surface area contributed by atoms with Crippen LogP contribution >= 0.6 is 0 Å². The van der Waals surface area contributed by atoms with Crippen molar-refractivity contribution in [2.45, 2.75) is 6.61 Å². The van der Waals surface area contributed by atoms with Crippen LogP contribution in [0.1, 0.15) is 11.1 Å². The third-order valence-corrected chi connectivity index (χ3v) is 3.64. The monoisotopic (exact) mass is 347 g/mol. The number of aliphatic imine (C=N–C) groups is 1. The highest BCUT2D eigenvalue weighted by molar-refractivity contribution is 5.86. The Hall–Kier alpha value is -3.67. The predicted molar refractivity (Wildman–Crippen MR) is 97.0 cm³/mol. The van der Waals surface area contributed by atoms with Crippen LogP contribution in [0.5, 0.6) is 11.5 Å². The van der Waals surface area contributed by atoms with Crippen LogP contribution in [0.4, 0.5) is 11.4 Å². The smallest absolute Gasteiger partial charge is 0.270 e. The van der Waals surface area contributed by atoms with E-state index < -0.39 is 4.92 Å². The fourth-order valence-electron chi connectivity index (χ4n) is 2.26. The van der Waals surface area contributed by atoms with Crippen molar-refractivity contribution in [1.29, 1.82) is 0 Å². The third kappa shape index (κ3) is 4.45. The Kier molecular flexibility index (Phi) is 5.24. The van der Waals surface area contributed by atoms with E-state index in [0.717, 1.165) is 5.56 Å². The summed E-state index contributed by atoms with van der Waals surface area (Å²) in [5.74, 6) is 0.384. The van der Waals surface area contributed by atoms with Crippen LogP contribution < -0.4 is 9.84 Å². The van der Waals surface area contributed by atoms with Gasteiger partial charge < -0.3 is 9.84 Å². The van der Waals surface area contributed by atoms with Crippen molar-refractivity contribution >= 4 is 17.6 Å². The molecule has 3 aromatic rings. The number of nitro benzene ring substituents is 1. The van der Waals surface area contributed by atoms with Gasteiger partial charge >= 0.3 is 0 Å². The molecule has 130 valence electrons. The molecule has 0 saturated heterocycles. The van der Waals surface area contributed by atoms with Crippen molar-refractivity contribution in [3.05, 3.63) is 94.0 Å². The molecule has 0 spiro atoms. The molecule has 0 amide bonds. The molecule has 0 aliphatic carbocycles. The van der Waals surface area contributed by atoms with Crippen LogP contribution in [-0.4, -0.2) is 11.1 Å². The standard InChI is InChI=1S/C20H16N2O4/c23-20-11-8-18(22(24)25)12-16(20)13-21-17-6-9-19(10-7-17)26-14-15-4-2-1-3-5-15/h1-13,23H,14H2/p-1. The van der Waals surface area contributed by atoms with Gasteiger partial charge in [-0.2, -0.15) is 0 Å². The number of hydrogen-bond donors (Lipinski definition) is 0. The Balaban J connectivity index is 1.66. The van der Waals surface area contributed by atoms with E-state index in [4.69, 9.17) is 4.74 Å².